The van der Waals surface area contributed by atoms with Crippen molar-refractivity contribution in [3.05, 3.63) is 47.6 Å². The van der Waals surface area contributed by atoms with E-state index in [0.717, 1.165) is 18.4 Å². The molecule has 0 spiro atoms. The van der Waals surface area contributed by atoms with E-state index in [9.17, 15) is 9.59 Å². The summed E-state index contributed by atoms with van der Waals surface area (Å²) in [4.78, 5) is 30.5. The Labute approximate surface area is 140 Å². The van der Waals surface area contributed by atoms with Gasteiger partial charge in [-0.2, -0.15) is 0 Å². The zero-order chi connectivity index (χ0) is 16.9. The van der Waals surface area contributed by atoms with Crippen LogP contribution in [0.2, 0.25) is 0 Å². The third kappa shape index (κ3) is 3.79. The molecule has 7 heteroatoms. The minimum absolute atomic E-state index is 0.0345. The van der Waals surface area contributed by atoms with Gasteiger partial charge in [0.15, 0.2) is 5.69 Å². The Morgan fingerprint density at radius 3 is 3.04 bits per heavy atom. The van der Waals surface area contributed by atoms with Gasteiger partial charge in [0.25, 0.3) is 5.91 Å². The van der Waals surface area contributed by atoms with Gasteiger partial charge in [-0.3, -0.25) is 14.6 Å². The van der Waals surface area contributed by atoms with Crippen molar-refractivity contribution >= 4 is 11.8 Å². The van der Waals surface area contributed by atoms with E-state index in [1.54, 1.807) is 30.3 Å². The average molecular weight is 328 g/mol. The van der Waals surface area contributed by atoms with Crippen LogP contribution in [0, 0.1) is 12.8 Å². The molecular formula is C17H20N4O3. The maximum Gasteiger partial charge on any atom is 0.276 e. The number of aryl methyl sites for hydroxylation is 1. The molecule has 0 radical (unpaired) electrons. The van der Waals surface area contributed by atoms with Gasteiger partial charge in [0.1, 0.15) is 5.76 Å². The number of nitrogens with one attached hydrogen (secondary N) is 1. The van der Waals surface area contributed by atoms with E-state index in [0.29, 0.717) is 31.1 Å². The fourth-order valence-corrected chi connectivity index (χ4v) is 2.84. The molecule has 126 valence electrons. The first kappa shape index (κ1) is 16.2. The van der Waals surface area contributed by atoms with Crippen LogP contribution in [0.5, 0.6) is 0 Å². The summed E-state index contributed by atoms with van der Waals surface area (Å²) in [5, 5.41) is 6.68. The molecule has 0 aromatic carbocycles. The Morgan fingerprint density at radius 1 is 1.46 bits per heavy atom. The Bertz CT molecular complexity index is 714. The van der Waals surface area contributed by atoms with Crippen LogP contribution >= 0.6 is 0 Å². The van der Waals surface area contributed by atoms with Crippen LogP contribution in [-0.4, -0.2) is 39.9 Å². The van der Waals surface area contributed by atoms with E-state index in [-0.39, 0.29) is 17.7 Å². The van der Waals surface area contributed by atoms with Gasteiger partial charge < -0.3 is 14.7 Å². The SMILES string of the molecule is Cc1cc(C(=O)N2CCC[C@H](C(=O)NCc3cccnc3)C2)no1. The molecule has 1 saturated heterocycles. The largest absolute Gasteiger partial charge is 0.361 e. The number of nitrogens with zero attached hydrogens (tertiary/aromatic N) is 3. The predicted octanol–water partition coefficient (Wildman–Crippen LogP) is 1.55. The Hall–Kier alpha value is -2.70. The van der Waals surface area contributed by atoms with Crippen molar-refractivity contribution in [1.29, 1.82) is 0 Å². The standard InChI is InChI=1S/C17H20N4O3/c1-12-8-15(20-24-12)17(23)21-7-3-5-14(11-21)16(22)19-10-13-4-2-6-18-9-13/h2,4,6,8-9,14H,3,5,7,10-11H2,1H3,(H,19,22)/t14-/m0/s1. The molecule has 1 aliphatic rings. The lowest BCUT2D eigenvalue weighted by Gasteiger charge is -2.31. The van der Waals surface area contributed by atoms with Gasteiger partial charge in [0, 0.05) is 38.1 Å². The number of amides is 2. The number of carbonyl (C=O) groups is 2. The Balaban J connectivity index is 1.56. The highest BCUT2D eigenvalue weighted by atomic mass is 16.5. The molecule has 0 aliphatic carbocycles. The molecule has 2 aromatic heterocycles. The Morgan fingerprint density at radius 2 is 2.33 bits per heavy atom. The zero-order valence-corrected chi connectivity index (χ0v) is 13.6. The topological polar surface area (TPSA) is 88.3 Å². The summed E-state index contributed by atoms with van der Waals surface area (Å²) >= 11 is 0. The van der Waals surface area contributed by atoms with Crippen molar-refractivity contribution in [1.82, 2.24) is 20.4 Å². The molecule has 0 saturated carbocycles. The van der Waals surface area contributed by atoms with E-state index in [2.05, 4.69) is 15.5 Å². The fraction of sp³-hybridized carbons (Fsp3) is 0.412. The molecule has 1 aliphatic heterocycles. The van der Waals surface area contributed by atoms with Crippen LogP contribution in [0.25, 0.3) is 0 Å². The molecule has 2 amide bonds. The Kier molecular flexibility index (Phi) is 4.88. The number of carbonyl (C=O) groups excluding carboxylic acids is 2. The summed E-state index contributed by atoms with van der Waals surface area (Å²) in [6, 6.07) is 5.37. The summed E-state index contributed by atoms with van der Waals surface area (Å²) in [6.45, 7) is 3.23. The van der Waals surface area contributed by atoms with Crippen LogP contribution < -0.4 is 5.32 Å². The summed E-state index contributed by atoms with van der Waals surface area (Å²) in [7, 11) is 0. The molecule has 1 atom stereocenters. The maximum atomic E-state index is 12.4. The molecule has 24 heavy (non-hydrogen) atoms. The average Bonchev–Trinajstić information content (AvgIpc) is 3.06. The molecule has 2 aromatic rings. The smallest absolute Gasteiger partial charge is 0.276 e. The number of aromatic nitrogens is 2. The summed E-state index contributed by atoms with van der Waals surface area (Å²) in [5.41, 5.74) is 1.25. The third-order valence-electron chi connectivity index (χ3n) is 4.12. The zero-order valence-electron chi connectivity index (χ0n) is 13.6. The van der Waals surface area contributed by atoms with E-state index in [1.165, 1.54) is 0 Å². The number of hydrogen-bond acceptors (Lipinski definition) is 5. The number of hydrogen-bond donors (Lipinski definition) is 1. The van der Waals surface area contributed by atoms with Crippen LogP contribution in [0.3, 0.4) is 0 Å². The molecule has 0 unspecified atom stereocenters. The summed E-state index contributed by atoms with van der Waals surface area (Å²) < 4.78 is 4.96. The molecule has 3 heterocycles. The molecule has 7 nitrogen and oxygen atoms in total. The lowest BCUT2D eigenvalue weighted by Crippen LogP contribution is -2.45. The first-order chi connectivity index (χ1) is 11.6. The van der Waals surface area contributed by atoms with Crippen LogP contribution in [0.4, 0.5) is 0 Å². The van der Waals surface area contributed by atoms with Gasteiger partial charge >= 0.3 is 0 Å². The van der Waals surface area contributed by atoms with Crippen LogP contribution in [0.15, 0.2) is 35.1 Å². The van der Waals surface area contributed by atoms with E-state index in [4.69, 9.17) is 4.52 Å². The normalized spacial score (nSPS) is 17.5. The second-order valence-corrected chi connectivity index (χ2v) is 5.99. The van der Waals surface area contributed by atoms with Gasteiger partial charge in [-0.25, -0.2) is 0 Å². The second-order valence-electron chi connectivity index (χ2n) is 5.99. The maximum absolute atomic E-state index is 12.4. The monoisotopic (exact) mass is 328 g/mol. The highest BCUT2D eigenvalue weighted by Gasteiger charge is 2.29. The molecule has 0 bridgehead atoms. The van der Waals surface area contributed by atoms with Crippen molar-refractivity contribution < 1.29 is 14.1 Å². The third-order valence-corrected chi connectivity index (χ3v) is 4.12. The lowest BCUT2D eigenvalue weighted by atomic mass is 9.96. The highest BCUT2D eigenvalue weighted by Crippen LogP contribution is 2.19. The van der Waals surface area contributed by atoms with Crippen LogP contribution in [-0.2, 0) is 11.3 Å². The van der Waals surface area contributed by atoms with E-state index >= 15 is 0 Å². The van der Waals surface area contributed by atoms with E-state index in [1.807, 2.05) is 12.1 Å². The van der Waals surface area contributed by atoms with Gasteiger partial charge in [-0.15, -0.1) is 0 Å². The van der Waals surface area contributed by atoms with Crippen molar-refractivity contribution in [2.24, 2.45) is 5.92 Å². The van der Waals surface area contributed by atoms with Crippen molar-refractivity contribution in [3.63, 3.8) is 0 Å². The minimum Gasteiger partial charge on any atom is -0.361 e. The molecule has 3 rings (SSSR count). The van der Waals surface area contributed by atoms with Crippen molar-refractivity contribution in [2.45, 2.75) is 26.3 Å². The first-order valence-corrected chi connectivity index (χ1v) is 8.02. The van der Waals surface area contributed by atoms with Crippen molar-refractivity contribution in [2.75, 3.05) is 13.1 Å². The summed E-state index contributed by atoms with van der Waals surface area (Å²) in [5.74, 6) is 0.179. The fourth-order valence-electron chi connectivity index (χ4n) is 2.84. The van der Waals surface area contributed by atoms with Crippen molar-refractivity contribution in [3.8, 4) is 0 Å². The number of likely N-dealkylation sites (tertiary alicyclic amines) is 1. The predicted molar refractivity (Wildman–Crippen MR) is 86.0 cm³/mol. The van der Waals surface area contributed by atoms with Gasteiger partial charge in [-0.05, 0) is 31.4 Å². The number of piperidine rings is 1. The molecule has 1 fully saturated rings. The van der Waals surface area contributed by atoms with Gasteiger partial charge in [0.2, 0.25) is 5.91 Å². The quantitative estimate of drug-likeness (QED) is 0.920. The minimum atomic E-state index is -0.202. The second kappa shape index (κ2) is 7.25. The lowest BCUT2D eigenvalue weighted by molar-refractivity contribution is -0.126. The molecule has 1 N–H and O–H groups in total. The molecular weight excluding hydrogens is 308 g/mol. The number of pyridine rings is 1. The summed E-state index contributed by atoms with van der Waals surface area (Å²) in [6.07, 6.45) is 5.00. The van der Waals surface area contributed by atoms with Gasteiger partial charge in [-0.1, -0.05) is 11.2 Å². The highest BCUT2D eigenvalue weighted by molar-refractivity contribution is 5.92. The van der Waals surface area contributed by atoms with E-state index < -0.39 is 0 Å². The first-order valence-electron chi connectivity index (χ1n) is 8.02. The number of rotatable bonds is 4. The van der Waals surface area contributed by atoms with Gasteiger partial charge in [0.05, 0.1) is 5.92 Å². The van der Waals surface area contributed by atoms with Crippen LogP contribution in [0.1, 0.15) is 34.7 Å².